The van der Waals surface area contributed by atoms with Crippen LogP contribution in [0.1, 0.15) is 11.7 Å². The highest BCUT2D eigenvalue weighted by molar-refractivity contribution is 4.88. The number of rotatable bonds is 6. The number of hydrogen-bond donors (Lipinski definition) is 1. The van der Waals surface area contributed by atoms with Crippen molar-refractivity contribution >= 4 is 0 Å². The monoisotopic (exact) mass is 222 g/mol. The second-order valence-electron chi connectivity index (χ2n) is 2.95. The van der Waals surface area contributed by atoms with Crippen LogP contribution in [0.5, 0.6) is 0 Å². The SMILES string of the molecule is COCCc1noc(CC(O)C(F)F)n1. The predicted octanol–water partition coefficient (Wildman–Crippen LogP) is 0.427. The van der Waals surface area contributed by atoms with Crippen LogP contribution in [0, 0.1) is 0 Å². The molecule has 0 aliphatic carbocycles. The van der Waals surface area contributed by atoms with Gasteiger partial charge in [0.2, 0.25) is 5.89 Å². The number of halogens is 2. The summed E-state index contributed by atoms with van der Waals surface area (Å²) in [6.07, 6.45) is -4.46. The van der Waals surface area contributed by atoms with Crippen LogP contribution in [0.15, 0.2) is 4.52 Å². The average Bonchev–Trinajstić information content (AvgIpc) is 2.62. The van der Waals surface area contributed by atoms with E-state index in [1.165, 1.54) is 7.11 Å². The van der Waals surface area contributed by atoms with Crippen LogP contribution in [-0.4, -0.2) is 41.5 Å². The van der Waals surface area contributed by atoms with Crippen molar-refractivity contribution in [1.29, 1.82) is 0 Å². The van der Waals surface area contributed by atoms with Gasteiger partial charge < -0.3 is 14.4 Å². The van der Waals surface area contributed by atoms with Crippen molar-refractivity contribution in [2.75, 3.05) is 13.7 Å². The molecule has 1 aromatic heterocycles. The van der Waals surface area contributed by atoms with Gasteiger partial charge in [0.05, 0.1) is 13.0 Å². The lowest BCUT2D eigenvalue weighted by atomic mass is 10.2. The van der Waals surface area contributed by atoms with Gasteiger partial charge in [0, 0.05) is 13.5 Å². The van der Waals surface area contributed by atoms with E-state index in [1.807, 2.05) is 0 Å². The Bertz CT molecular complexity index is 293. The molecule has 1 N–H and O–H groups in total. The van der Waals surface area contributed by atoms with E-state index >= 15 is 0 Å². The van der Waals surface area contributed by atoms with Crippen LogP contribution < -0.4 is 0 Å². The minimum atomic E-state index is -2.81. The highest BCUT2D eigenvalue weighted by atomic mass is 19.3. The van der Waals surface area contributed by atoms with Gasteiger partial charge in [-0.3, -0.25) is 0 Å². The molecule has 0 aliphatic rings. The van der Waals surface area contributed by atoms with Crippen LogP contribution in [0.25, 0.3) is 0 Å². The Morgan fingerprint density at radius 1 is 1.53 bits per heavy atom. The molecule has 0 radical (unpaired) electrons. The molecule has 0 aliphatic heterocycles. The van der Waals surface area contributed by atoms with E-state index in [9.17, 15) is 8.78 Å². The molecule has 0 bridgehead atoms. The third kappa shape index (κ3) is 3.88. The summed E-state index contributed by atoms with van der Waals surface area (Å²) in [6.45, 7) is 0.427. The van der Waals surface area contributed by atoms with Crippen molar-refractivity contribution < 1.29 is 23.1 Å². The van der Waals surface area contributed by atoms with E-state index in [4.69, 9.17) is 9.84 Å². The summed E-state index contributed by atoms with van der Waals surface area (Å²) in [4.78, 5) is 3.82. The third-order valence-electron chi connectivity index (χ3n) is 1.71. The number of aliphatic hydroxyl groups is 1. The molecule has 1 unspecified atom stereocenters. The van der Waals surface area contributed by atoms with E-state index < -0.39 is 12.5 Å². The quantitative estimate of drug-likeness (QED) is 0.755. The lowest BCUT2D eigenvalue weighted by Gasteiger charge is -2.04. The molecule has 0 aromatic carbocycles. The van der Waals surface area contributed by atoms with Gasteiger partial charge in [-0.05, 0) is 0 Å². The van der Waals surface area contributed by atoms with Crippen molar-refractivity contribution in [1.82, 2.24) is 10.1 Å². The van der Waals surface area contributed by atoms with E-state index in [1.54, 1.807) is 0 Å². The van der Waals surface area contributed by atoms with Crippen LogP contribution >= 0.6 is 0 Å². The number of ether oxygens (including phenoxy) is 1. The summed E-state index contributed by atoms with van der Waals surface area (Å²) in [5.74, 6) is 0.391. The summed E-state index contributed by atoms with van der Waals surface area (Å²) >= 11 is 0. The fourth-order valence-corrected chi connectivity index (χ4v) is 0.936. The summed E-state index contributed by atoms with van der Waals surface area (Å²) < 4.78 is 33.4. The molecule has 0 saturated heterocycles. The van der Waals surface area contributed by atoms with E-state index in [2.05, 4.69) is 14.7 Å². The fourth-order valence-electron chi connectivity index (χ4n) is 0.936. The van der Waals surface area contributed by atoms with Crippen molar-refractivity contribution in [2.24, 2.45) is 0 Å². The molecule has 5 nitrogen and oxygen atoms in total. The zero-order chi connectivity index (χ0) is 11.3. The van der Waals surface area contributed by atoms with Gasteiger partial charge in [0.1, 0.15) is 6.10 Å². The summed E-state index contributed by atoms with van der Waals surface area (Å²) in [6, 6.07) is 0. The van der Waals surface area contributed by atoms with Gasteiger partial charge in [-0.2, -0.15) is 4.98 Å². The third-order valence-corrected chi connectivity index (χ3v) is 1.71. The molecule has 15 heavy (non-hydrogen) atoms. The molecule has 0 spiro atoms. The molecule has 0 saturated carbocycles. The van der Waals surface area contributed by atoms with Gasteiger partial charge in [-0.15, -0.1) is 0 Å². The normalized spacial score (nSPS) is 13.4. The molecule has 1 rings (SSSR count). The molecular weight excluding hydrogens is 210 g/mol. The first kappa shape index (κ1) is 12.0. The van der Waals surface area contributed by atoms with Crippen molar-refractivity contribution in [3.8, 4) is 0 Å². The Balaban J connectivity index is 2.45. The standard InChI is InChI=1S/C8H12F2N2O3/c1-14-3-2-6-11-7(15-12-6)4-5(13)8(9)10/h5,8,13H,2-4H2,1H3. The Labute approximate surface area is 85.0 Å². The molecule has 7 heteroatoms. The zero-order valence-electron chi connectivity index (χ0n) is 8.19. The highest BCUT2D eigenvalue weighted by Crippen LogP contribution is 2.08. The van der Waals surface area contributed by atoms with Crippen molar-refractivity contribution in [2.45, 2.75) is 25.4 Å². The molecule has 86 valence electrons. The molecule has 0 amide bonds. The van der Waals surface area contributed by atoms with Crippen LogP contribution in [0.2, 0.25) is 0 Å². The minimum Gasteiger partial charge on any atom is -0.387 e. The minimum absolute atomic E-state index is 0.00824. The lowest BCUT2D eigenvalue weighted by Crippen LogP contribution is -2.20. The highest BCUT2D eigenvalue weighted by Gasteiger charge is 2.20. The molecule has 1 atom stereocenters. The predicted molar refractivity (Wildman–Crippen MR) is 45.6 cm³/mol. The second-order valence-corrected chi connectivity index (χ2v) is 2.95. The number of nitrogens with zero attached hydrogens (tertiary/aromatic N) is 2. The average molecular weight is 222 g/mol. The number of aromatic nitrogens is 2. The molecule has 1 aromatic rings. The maximum Gasteiger partial charge on any atom is 0.264 e. The van der Waals surface area contributed by atoms with E-state index in [-0.39, 0.29) is 12.3 Å². The van der Waals surface area contributed by atoms with E-state index in [0.29, 0.717) is 18.9 Å². The Morgan fingerprint density at radius 3 is 2.87 bits per heavy atom. The van der Waals surface area contributed by atoms with Crippen LogP contribution in [0.3, 0.4) is 0 Å². The van der Waals surface area contributed by atoms with Gasteiger partial charge in [0.25, 0.3) is 6.43 Å². The first-order valence-corrected chi connectivity index (χ1v) is 4.40. The first-order chi connectivity index (χ1) is 7.13. The maximum absolute atomic E-state index is 12.0. The first-order valence-electron chi connectivity index (χ1n) is 4.40. The van der Waals surface area contributed by atoms with Gasteiger partial charge in [-0.1, -0.05) is 5.16 Å². The number of methoxy groups -OCH3 is 1. The van der Waals surface area contributed by atoms with Crippen LogP contribution in [0.4, 0.5) is 8.78 Å². The van der Waals surface area contributed by atoms with E-state index in [0.717, 1.165) is 0 Å². The Hall–Kier alpha value is -1.08. The van der Waals surface area contributed by atoms with Gasteiger partial charge >= 0.3 is 0 Å². The number of hydrogen-bond acceptors (Lipinski definition) is 5. The van der Waals surface area contributed by atoms with Crippen molar-refractivity contribution in [3.05, 3.63) is 11.7 Å². The summed E-state index contributed by atoms with van der Waals surface area (Å²) in [7, 11) is 1.53. The Morgan fingerprint density at radius 2 is 2.27 bits per heavy atom. The zero-order valence-corrected chi connectivity index (χ0v) is 8.19. The Kier molecular flexibility index (Phi) is 4.57. The van der Waals surface area contributed by atoms with Gasteiger partial charge in [0.15, 0.2) is 5.82 Å². The molecule has 1 heterocycles. The lowest BCUT2D eigenvalue weighted by molar-refractivity contribution is -0.00754. The number of aliphatic hydroxyl groups excluding tert-OH is 1. The maximum atomic E-state index is 12.0. The largest absolute Gasteiger partial charge is 0.387 e. The van der Waals surface area contributed by atoms with Crippen molar-refractivity contribution in [3.63, 3.8) is 0 Å². The summed E-state index contributed by atoms with van der Waals surface area (Å²) in [5, 5.41) is 12.4. The smallest absolute Gasteiger partial charge is 0.264 e. The summed E-state index contributed by atoms with van der Waals surface area (Å²) in [5.41, 5.74) is 0. The van der Waals surface area contributed by atoms with Crippen LogP contribution in [-0.2, 0) is 17.6 Å². The van der Waals surface area contributed by atoms with Gasteiger partial charge in [-0.25, -0.2) is 8.78 Å². The molecule has 0 fully saturated rings. The second kappa shape index (κ2) is 5.72. The topological polar surface area (TPSA) is 68.4 Å². The number of alkyl halides is 2. The molecular formula is C8H12F2N2O3. The fraction of sp³-hybridized carbons (Fsp3) is 0.750.